The van der Waals surface area contributed by atoms with Gasteiger partial charge < -0.3 is 5.32 Å². The Morgan fingerprint density at radius 3 is 2.30 bits per heavy atom. The predicted molar refractivity (Wildman–Crippen MR) is 88.4 cm³/mol. The number of halogens is 1. The molecule has 0 radical (unpaired) electrons. The molecule has 0 spiro atoms. The van der Waals surface area contributed by atoms with Gasteiger partial charge in [0.05, 0.1) is 10.2 Å². The van der Waals surface area contributed by atoms with Gasteiger partial charge in [-0.25, -0.2) is 9.97 Å². The zero-order chi connectivity index (χ0) is 14.9. The van der Waals surface area contributed by atoms with E-state index in [0.717, 1.165) is 21.8 Å². The molecule has 0 bridgehead atoms. The molecule has 0 unspecified atom stereocenters. The van der Waals surface area contributed by atoms with Crippen molar-refractivity contribution >= 4 is 21.7 Å². The Labute approximate surface area is 131 Å². The predicted octanol–water partition coefficient (Wildman–Crippen LogP) is 5.09. The average Bonchev–Trinajstić information content (AvgIpc) is 2.39. The Hall–Kier alpha value is -0.640. The standard InChI is InChI=1S/C16H26BrN3/c1-10(2)13-12(17)15(18-5)20-14(19-13)11-6-8-16(3,4)9-7-11/h10-11H,6-9H2,1-5H3,(H,18,19,20). The monoisotopic (exact) mass is 339 g/mol. The van der Waals surface area contributed by atoms with E-state index in [1.165, 1.54) is 25.7 Å². The first-order chi connectivity index (χ1) is 9.34. The summed E-state index contributed by atoms with van der Waals surface area (Å²) < 4.78 is 1.01. The number of anilines is 1. The van der Waals surface area contributed by atoms with Gasteiger partial charge >= 0.3 is 0 Å². The van der Waals surface area contributed by atoms with E-state index < -0.39 is 0 Å². The minimum absolute atomic E-state index is 0.401. The smallest absolute Gasteiger partial charge is 0.144 e. The lowest BCUT2D eigenvalue weighted by Crippen LogP contribution is -2.22. The van der Waals surface area contributed by atoms with Crippen molar-refractivity contribution in [2.45, 2.75) is 65.2 Å². The highest BCUT2D eigenvalue weighted by atomic mass is 79.9. The van der Waals surface area contributed by atoms with Crippen LogP contribution in [-0.4, -0.2) is 17.0 Å². The average molecular weight is 340 g/mol. The minimum Gasteiger partial charge on any atom is -0.372 e. The summed E-state index contributed by atoms with van der Waals surface area (Å²) in [6.07, 6.45) is 4.94. The van der Waals surface area contributed by atoms with Crippen LogP contribution in [0.2, 0.25) is 0 Å². The number of nitrogens with zero attached hydrogens (tertiary/aromatic N) is 2. The zero-order valence-electron chi connectivity index (χ0n) is 13.3. The Morgan fingerprint density at radius 1 is 1.20 bits per heavy atom. The zero-order valence-corrected chi connectivity index (χ0v) is 14.8. The maximum absolute atomic E-state index is 4.85. The van der Waals surface area contributed by atoms with Crippen LogP contribution >= 0.6 is 15.9 Å². The first-order valence-corrected chi connectivity index (χ1v) is 8.38. The molecule has 1 aliphatic carbocycles. The lowest BCUT2D eigenvalue weighted by molar-refractivity contribution is 0.220. The second kappa shape index (κ2) is 6.00. The lowest BCUT2D eigenvalue weighted by Gasteiger charge is -2.33. The fourth-order valence-electron chi connectivity index (χ4n) is 2.87. The highest BCUT2D eigenvalue weighted by molar-refractivity contribution is 9.10. The Kier molecular flexibility index (Phi) is 4.73. The molecule has 4 heteroatoms. The number of aromatic nitrogens is 2. The van der Waals surface area contributed by atoms with Crippen molar-refractivity contribution in [2.24, 2.45) is 5.41 Å². The molecule has 2 rings (SSSR count). The van der Waals surface area contributed by atoms with Crippen LogP contribution in [-0.2, 0) is 0 Å². The minimum atomic E-state index is 0.401. The summed E-state index contributed by atoms with van der Waals surface area (Å²) in [5.41, 5.74) is 1.60. The first kappa shape index (κ1) is 15.7. The van der Waals surface area contributed by atoms with Crippen molar-refractivity contribution in [1.29, 1.82) is 0 Å². The van der Waals surface area contributed by atoms with Crippen molar-refractivity contribution in [3.8, 4) is 0 Å². The number of nitrogens with one attached hydrogen (secondary N) is 1. The van der Waals surface area contributed by atoms with Crippen LogP contribution in [0, 0.1) is 5.41 Å². The summed E-state index contributed by atoms with van der Waals surface area (Å²) in [6.45, 7) is 9.09. The molecule has 1 N–H and O–H groups in total. The topological polar surface area (TPSA) is 37.8 Å². The van der Waals surface area contributed by atoms with Crippen molar-refractivity contribution in [3.63, 3.8) is 0 Å². The van der Waals surface area contributed by atoms with Gasteiger partial charge in [0, 0.05) is 13.0 Å². The summed E-state index contributed by atoms with van der Waals surface area (Å²) in [5, 5.41) is 3.19. The van der Waals surface area contributed by atoms with Crippen LogP contribution in [0.15, 0.2) is 4.47 Å². The largest absolute Gasteiger partial charge is 0.372 e. The van der Waals surface area contributed by atoms with Gasteiger partial charge in [-0.15, -0.1) is 0 Å². The van der Waals surface area contributed by atoms with E-state index in [9.17, 15) is 0 Å². The second-order valence-corrected chi connectivity index (χ2v) is 7.77. The van der Waals surface area contributed by atoms with E-state index in [1.54, 1.807) is 0 Å². The van der Waals surface area contributed by atoms with Gasteiger partial charge in [-0.3, -0.25) is 0 Å². The number of hydrogen-bond donors (Lipinski definition) is 1. The Bertz CT molecular complexity index is 473. The third kappa shape index (κ3) is 3.33. The molecule has 112 valence electrons. The van der Waals surface area contributed by atoms with E-state index >= 15 is 0 Å². The van der Waals surface area contributed by atoms with E-state index in [-0.39, 0.29) is 0 Å². The van der Waals surface area contributed by atoms with Crippen molar-refractivity contribution in [3.05, 3.63) is 16.0 Å². The molecule has 0 amide bonds. The summed E-state index contributed by atoms with van der Waals surface area (Å²) >= 11 is 3.63. The first-order valence-electron chi connectivity index (χ1n) is 7.59. The molecule has 1 aliphatic rings. The SMILES string of the molecule is CNc1nc(C2CCC(C)(C)CC2)nc(C(C)C)c1Br. The van der Waals surface area contributed by atoms with Crippen molar-refractivity contribution in [1.82, 2.24) is 9.97 Å². The van der Waals surface area contributed by atoms with Gasteiger partial charge in [0.15, 0.2) is 0 Å². The number of rotatable bonds is 3. The number of hydrogen-bond acceptors (Lipinski definition) is 3. The van der Waals surface area contributed by atoms with E-state index in [2.05, 4.69) is 48.9 Å². The van der Waals surface area contributed by atoms with E-state index in [4.69, 9.17) is 9.97 Å². The van der Waals surface area contributed by atoms with E-state index in [0.29, 0.717) is 17.3 Å². The molecule has 20 heavy (non-hydrogen) atoms. The van der Waals surface area contributed by atoms with Crippen LogP contribution < -0.4 is 5.32 Å². The van der Waals surface area contributed by atoms with Crippen LogP contribution in [0.25, 0.3) is 0 Å². The second-order valence-electron chi connectivity index (χ2n) is 6.97. The fraction of sp³-hybridized carbons (Fsp3) is 0.750. The van der Waals surface area contributed by atoms with Gasteiger partial charge in [-0.1, -0.05) is 27.7 Å². The highest BCUT2D eigenvalue weighted by Crippen LogP contribution is 2.42. The molecule has 0 saturated heterocycles. The van der Waals surface area contributed by atoms with Crippen LogP contribution in [0.5, 0.6) is 0 Å². The molecular formula is C16H26BrN3. The van der Waals surface area contributed by atoms with E-state index in [1.807, 2.05) is 7.05 Å². The molecule has 0 aromatic carbocycles. The van der Waals surface area contributed by atoms with Crippen molar-refractivity contribution in [2.75, 3.05) is 12.4 Å². The Morgan fingerprint density at radius 2 is 1.80 bits per heavy atom. The van der Waals surface area contributed by atoms with Gasteiger partial charge in [0.1, 0.15) is 11.6 Å². The maximum atomic E-state index is 4.85. The summed E-state index contributed by atoms with van der Waals surface area (Å²) in [4.78, 5) is 9.59. The van der Waals surface area contributed by atoms with Crippen molar-refractivity contribution < 1.29 is 0 Å². The summed E-state index contributed by atoms with van der Waals surface area (Å²) in [5.74, 6) is 2.86. The lowest BCUT2D eigenvalue weighted by atomic mass is 9.73. The molecule has 0 aliphatic heterocycles. The highest BCUT2D eigenvalue weighted by Gasteiger charge is 2.30. The molecule has 1 saturated carbocycles. The Balaban J connectivity index is 2.30. The van der Waals surface area contributed by atoms with Gasteiger partial charge in [0.2, 0.25) is 0 Å². The molecular weight excluding hydrogens is 314 g/mol. The van der Waals surface area contributed by atoms with Gasteiger partial charge in [-0.2, -0.15) is 0 Å². The van der Waals surface area contributed by atoms with Crippen LogP contribution in [0.4, 0.5) is 5.82 Å². The van der Waals surface area contributed by atoms with Crippen LogP contribution in [0.3, 0.4) is 0 Å². The normalized spacial score (nSPS) is 19.4. The van der Waals surface area contributed by atoms with Gasteiger partial charge in [-0.05, 0) is 52.9 Å². The quantitative estimate of drug-likeness (QED) is 0.833. The van der Waals surface area contributed by atoms with Gasteiger partial charge in [0.25, 0.3) is 0 Å². The third-order valence-electron chi connectivity index (χ3n) is 4.38. The molecule has 0 atom stereocenters. The summed E-state index contributed by atoms with van der Waals surface area (Å²) in [6, 6.07) is 0. The molecule has 1 aromatic heterocycles. The summed E-state index contributed by atoms with van der Waals surface area (Å²) in [7, 11) is 1.92. The molecule has 1 fully saturated rings. The fourth-order valence-corrected chi connectivity index (χ4v) is 3.70. The maximum Gasteiger partial charge on any atom is 0.144 e. The van der Waals surface area contributed by atoms with Crippen LogP contribution in [0.1, 0.15) is 76.7 Å². The molecule has 3 nitrogen and oxygen atoms in total. The molecule has 1 heterocycles. The molecule has 1 aromatic rings. The third-order valence-corrected chi connectivity index (χ3v) is 5.16.